The van der Waals surface area contributed by atoms with Crippen LogP contribution in [0.5, 0.6) is 0 Å². The third-order valence-electron chi connectivity index (χ3n) is 5.07. The van der Waals surface area contributed by atoms with E-state index in [9.17, 15) is 0 Å². The molecule has 0 aromatic heterocycles. The number of para-hydroxylation sites is 1. The van der Waals surface area contributed by atoms with Gasteiger partial charge < -0.3 is 21.3 Å². The molecule has 1 heterocycles. The lowest BCUT2D eigenvalue weighted by atomic mass is 10.0. The first-order chi connectivity index (χ1) is 12.7. The second-order valence-electron chi connectivity index (χ2n) is 6.67. The molecule has 4 heteroatoms. The van der Waals surface area contributed by atoms with E-state index in [-0.39, 0.29) is 0 Å². The van der Waals surface area contributed by atoms with E-state index >= 15 is 0 Å². The molecule has 4 nitrogen and oxygen atoms in total. The third kappa shape index (κ3) is 3.18. The Hall–Kier alpha value is -3.14. The first-order valence-electron chi connectivity index (χ1n) is 9.02. The maximum atomic E-state index is 6.39. The lowest BCUT2D eigenvalue weighted by Crippen LogP contribution is -2.47. The highest BCUT2D eigenvalue weighted by Crippen LogP contribution is 2.26. The fraction of sp³-hybridized carbons (Fsp3) is 0.182. The molecule has 0 unspecified atom stereocenters. The number of nitrogens with zero attached hydrogens (tertiary/aromatic N) is 2. The largest absolute Gasteiger partial charge is 0.398 e. The molecule has 1 aliphatic heterocycles. The van der Waals surface area contributed by atoms with Gasteiger partial charge in [-0.15, -0.1) is 0 Å². The van der Waals surface area contributed by atoms with Gasteiger partial charge in [0.05, 0.1) is 5.82 Å². The summed E-state index contributed by atoms with van der Waals surface area (Å²) < 4.78 is 0. The summed E-state index contributed by atoms with van der Waals surface area (Å²) in [7, 11) is 0. The molecule has 1 fully saturated rings. The van der Waals surface area contributed by atoms with Crippen molar-refractivity contribution < 1.29 is 0 Å². The predicted molar refractivity (Wildman–Crippen MR) is 111 cm³/mol. The molecule has 0 aliphatic carbocycles. The van der Waals surface area contributed by atoms with Gasteiger partial charge >= 0.3 is 0 Å². The summed E-state index contributed by atoms with van der Waals surface area (Å²) in [5.41, 5.74) is 15.8. The van der Waals surface area contributed by atoms with E-state index in [1.54, 1.807) is 0 Å². The second kappa shape index (κ2) is 7.00. The van der Waals surface area contributed by atoms with Crippen LogP contribution in [0.4, 0.5) is 11.4 Å². The van der Waals surface area contributed by atoms with Gasteiger partial charge in [-0.25, -0.2) is 0 Å². The van der Waals surface area contributed by atoms with Crippen LogP contribution in [-0.4, -0.2) is 31.1 Å². The van der Waals surface area contributed by atoms with Crippen molar-refractivity contribution in [2.45, 2.75) is 0 Å². The van der Waals surface area contributed by atoms with Crippen molar-refractivity contribution in [2.24, 2.45) is 5.73 Å². The van der Waals surface area contributed by atoms with Gasteiger partial charge in [0, 0.05) is 48.5 Å². The predicted octanol–water partition coefficient (Wildman–Crippen LogP) is 3.50. The molecule has 3 aromatic carbocycles. The number of hydrogen-bond donors (Lipinski definition) is 2. The summed E-state index contributed by atoms with van der Waals surface area (Å²) in [6.07, 6.45) is 2.00. The summed E-state index contributed by atoms with van der Waals surface area (Å²) in [4.78, 5) is 4.63. The van der Waals surface area contributed by atoms with Crippen molar-refractivity contribution in [3.63, 3.8) is 0 Å². The van der Waals surface area contributed by atoms with Crippen LogP contribution in [0.3, 0.4) is 0 Å². The Kier molecular flexibility index (Phi) is 4.40. The monoisotopic (exact) mass is 344 g/mol. The minimum absolute atomic E-state index is 0.777. The number of hydrogen-bond acceptors (Lipinski definition) is 4. The lowest BCUT2D eigenvalue weighted by molar-refractivity contribution is 0.321. The molecule has 132 valence electrons. The SMILES string of the molecule is N/C(=C\c1ccc2ccccc2c1N)N1CCN(c2ccccc2)CC1. The van der Waals surface area contributed by atoms with Crippen molar-refractivity contribution in [3.05, 3.63) is 78.1 Å². The number of nitrogen functional groups attached to an aromatic ring is 1. The van der Waals surface area contributed by atoms with Crippen molar-refractivity contribution in [1.29, 1.82) is 0 Å². The zero-order valence-electron chi connectivity index (χ0n) is 14.8. The summed E-state index contributed by atoms with van der Waals surface area (Å²) in [6.45, 7) is 3.74. The summed E-state index contributed by atoms with van der Waals surface area (Å²) in [5, 5.41) is 2.22. The van der Waals surface area contributed by atoms with Gasteiger partial charge in [0.15, 0.2) is 0 Å². The Morgan fingerprint density at radius 2 is 1.50 bits per heavy atom. The number of benzene rings is 3. The first-order valence-corrected chi connectivity index (χ1v) is 9.02. The van der Waals surface area contributed by atoms with E-state index in [4.69, 9.17) is 11.5 Å². The number of fused-ring (bicyclic) bond motifs is 1. The smallest absolute Gasteiger partial charge is 0.0994 e. The van der Waals surface area contributed by atoms with Gasteiger partial charge in [-0.3, -0.25) is 0 Å². The van der Waals surface area contributed by atoms with Gasteiger partial charge in [0.25, 0.3) is 0 Å². The number of rotatable bonds is 3. The molecule has 0 spiro atoms. The van der Waals surface area contributed by atoms with E-state index in [0.717, 1.165) is 54.0 Å². The summed E-state index contributed by atoms with van der Waals surface area (Å²) in [5.74, 6) is 0.777. The molecule has 0 bridgehead atoms. The van der Waals surface area contributed by atoms with Crippen LogP contribution in [0.15, 0.2) is 72.6 Å². The molecule has 1 saturated heterocycles. The molecule has 1 aliphatic rings. The molecule has 0 amide bonds. The Balaban J connectivity index is 1.50. The normalized spacial score (nSPS) is 15.5. The van der Waals surface area contributed by atoms with E-state index in [2.05, 4.69) is 58.3 Å². The molecule has 26 heavy (non-hydrogen) atoms. The first kappa shape index (κ1) is 16.3. The molecule has 0 atom stereocenters. The molecule has 3 aromatic rings. The van der Waals surface area contributed by atoms with Crippen LogP contribution < -0.4 is 16.4 Å². The maximum Gasteiger partial charge on any atom is 0.0994 e. The highest BCUT2D eigenvalue weighted by atomic mass is 15.3. The molecular weight excluding hydrogens is 320 g/mol. The Morgan fingerprint density at radius 3 is 2.27 bits per heavy atom. The van der Waals surface area contributed by atoms with Crippen LogP contribution in [0.2, 0.25) is 0 Å². The minimum Gasteiger partial charge on any atom is -0.398 e. The van der Waals surface area contributed by atoms with Gasteiger partial charge in [0.1, 0.15) is 0 Å². The third-order valence-corrected chi connectivity index (χ3v) is 5.07. The maximum absolute atomic E-state index is 6.39. The van der Waals surface area contributed by atoms with Crippen molar-refractivity contribution in [3.8, 4) is 0 Å². The van der Waals surface area contributed by atoms with E-state index < -0.39 is 0 Å². The van der Waals surface area contributed by atoms with Gasteiger partial charge in [-0.05, 0) is 23.6 Å². The molecular formula is C22H24N4. The molecule has 0 radical (unpaired) electrons. The molecule has 0 saturated carbocycles. The zero-order chi connectivity index (χ0) is 17.9. The van der Waals surface area contributed by atoms with Gasteiger partial charge in [0.2, 0.25) is 0 Å². The van der Waals surface area contributed by atoms with Gasteiger partial charge in [-0.2, -0.15) is 0 Å². The number of anilines is 2. The van der Waals surface area contributed by atoms with Crippen LogP contribution in [0.1, 0.15) is 5.56 Å². The minimum atomic E-state index is 0.777. The summed E-state index contributed by atoms with van der Waals surface area (Å²) >= 11 is 0. The van der Waals surface area contributed by atoms with E-state index in [1.807, 2.05) is 24.3 Å². The summed E-state index contributed by atoms with van der Waals surface area (Å²) in [6, 6.07) is 22.8. The highest BCUT2D eigenvalue weighted by molar-refractivity contribution is 5.96. The average molecular weight is 344 g/mol. The Bertz CT molecular complexity index is 925. The van der Waals surface area contributed by atoms with Gasteiger partial charge in [-0.1, -0.05) is 54.6 Å². The van der Waals surface area contributed by atoms with Crippen LogP contribution in [0, 0.1) is 0 Å². The lowest BCUT2D eigenvalue weighted by Gasteiger charge is -2.37. The second-order valence-corrected chi connectivity index (χ2v) is 6.67. The number of nitrogens with two attached hydrogens (primary N) is 2. The van der Waals surface area contributed by atoms with Crippen molar-refractivity contribution >= 4 is 28.2 Å². The Labute approximate surface area is 154 Å². The van der Waals surface area contributed by atoms with Crippen molar-refractivity contribution in [1.82, 2.24) is 4.90 Å². The van der Waals surface area contributed by atoms with Crippen molar-refractivity contribution in [2.75, 3.05) is 36.8 Å². The van der Waals surface area contributed by atoms with Crippen LogP contribution >= 0.6 is 0 Å². The zero-order valence-corrected chi connectivity index (χ0v) is 14.8. The fourth-order valence-corrected chi connectivity index (χ4v) is 3.55. The quantitative estimate of drug-likeness (QED) is 0.714. The van der Waals surface area contributed by atoms with Crippen LogP contribution in [-0.2, 0) is 0 Å². The highest BCUT2D eigenvalue weighted by Gasteiger charge is 2.17. The number of piperazine rings is 1. The standard InChI is InChI=1S/C22H24N4/c23-21(16-18-11-10-17-6-4-5-9-20(17)22(18)24)26-14-12-25(13-15-26)19-7-2-1-3-8-19/h1-11,16H,12-15,23-24H2/b21-16+. The Morgan fingerprint density at radius 1 is 0.808 bits per heavy atom. The fourth-order valence-electron chi connectivity index (χ4n) is 3.55. The van der Waals surface area contributed by atoms with E-state index in [1.165, 1.54) is 5.69 Å². The average Bonchev–Trinajstić information content (AvgIpc) is 2.71. The molecule has 4 N–H and O–H groups in total. The van der Waals surface area contributed by atoms with Crippen LogP contribution in [0.25, 0.3) is 16.8 Å². The topological polar surface area (TPSA) is 58.5 Å². The van der Waals surface area contributed by atoms with E-state index in [0.29, 0.717) is 0 Å². The molecule has 4 rings (SSSR count).